The summed E-state index contributed by atoms with van der Waals surface area (Å²) in [7, 11) is 4.09. The van der Waals surface area contributed by atoms with Gasteiger partial charge in [-0.2, -0.15) is 0 Å². The first kappa shape index (κ1) is 27.6. The predicted molar refractivity (Wildman–Crippen MR) is 163 cm³/mol. The highest BCUT2D eigenvalue weighted by Crippen LogP contribution is 2.46. The first-order chi connectivity index (χ1) is 21.1. The number of benzene rings is 2. The van der Waals surface area contributed by atoms with Crippen molar-refractivity contribution in [2.45, 2.75) is 62.4 Å². The van der Waals surface area contributed by atoms with Crippen LogP contribution in [0.15, 0.2) is 60.8 Å². The van der Waals surface area contributed by atoms with Crippen LogP contribution in [0.4, 0.5) is 0 Å². The zero-order valence-electron chi connectivity index (χ0n) is 25.2. The van der Waals surface area contributed by atoms with E-state index in [1.165, 1.54) is 22.8 Å². The third-order valence-electron chi connectivity index (χ3n) is 10.4. The standard InChI is InChI=1S/C34H37N5O5/c1-33(32(42)39-27(15-20-9-5-4-6-10-20)31(41)38-14-8-13-28(38)34(39,43)44-33)35-30(40)22-16-24-23-11-7-12-25-29(23)21(18-36(25)2)17-26(24)37(3)19-22/h4-7,9-12,16,18,22,26-28,43H,8,13-15,17,19H2,1-3H3,(H,35,40). The average Bonchev–Trinajstić information content (AvgIpc) is 3.68. The lowest BCUT2D eigenvalue weighted by molar-refractivity contribution is -0.315. The molecule has 0 bridgehead atoms. The maximum absolute atomic E-state index is 14.2. The van der Waals surface area contributed by atoms with Crippen LogP contribution in [0, 0.1) is 5.92 Å². The monoisotopic (exact) mass is 595 g/mol. The Morgan fingerprint density at radius 3 is 2.70 bits per heavy atom. The van der Waals surface area contributed by atoms with Crippen molar-refractivity contribution in [3.8, 4) is 0 Å². The number of likely N-dealkylation sites (N-methyl/N-ethyl adjacent to an activating group) is 1. The summed E-state index contributed by atoms with van der Waals surface area (Å²) in [6.45, 7) is 2.46. The van der Waals surface area contributed by atoms with Gasteiger partial charge in [0.2, 0.25) is 17.5 Å². The molecule has 6 atom stereocenters. The molecule has 3 fully saturated rings. The molecule has 5 heterocycles. The van der Waals surface area contributed by atoms with E-state index in [4.69, 9.17) is 4.74 Å². The summed E-state index contributed by atoms with van der Waals surface area (Å²) >= 11 is 0. The van der Waals surface area contributed by atoms with E-state index in [2.05, 4.69) is 46.2 Å². The van der Waals surface area contributed by atoms with Crippen LogP contribution in [-0.2, 0) is 39.0 Å². The summed E-state index contributed by atoms with van der Waals surface area (Å²) in [5, 5.41) is 16.2. The van der Waals surface area contributed by atoms with E-state index in [1.807, 2.05) is 43.5 Å². The van der Waals surface area contributed by atoms with Crippen molar-refractivity contribution in [2.24, 2.45) is 13.0 Å². The molecule has 5 aliphatic rings. The fourth-order valence-electron chi connectivity index (χ4n) is 8.40. The fourth-order valence-corrected chi connectivity index (χ4v) is 8.40. The molecule has 2 aromatic carbocycles. The lowest BCUT2D eigenvalue weighted by Crippen LogP contribution is -2.71. The molecule has 1 aromatic heterocycles. The number of nitrogens with zero attached hydrogens (tertiary/aromatic N) is 4. The van der Waals surface area contributed by atoms with E-state index in [-0.39, 0.29) is 24.3 Å². The van der Waals surface area contributed by atoms with E-state index in [1.54, 1.807) is 4.90 Å². The summed E-state index contributed by atoms with van der Waals surface area (Å²) < 4.78 is 8.40. The maximum atomic E-state index is 14.2. The zero-order chi connectivity index (χ0) is 30.5. The Morgan fingerprint density at radius 1 is 1.11 bits per heavy atom. The quantitative estimate of drug-likeness (QED) is 0.478. The van der Waals surface area contributed by atoms with Crippen LogP contribution < -0.4 is 5.32 Å². The molecule has 3 amide bonds. The van der Waals surface area contributed by atoms with Crippen LogP contribution in [0.25, 0.3) is 16.5 Å². The molecule has 0 spiro atoms. The van der Waals surface area contributed by atoms with Gasteiger partial charge in [-0.1, -0.05) is 48.5 Å². The molecule has 10 nitrogen and oxygen atoms in total. The minimum atomic E-state index is -2.04. The predicted octanol–water partition coefficient (Wildman–Crippen LogP) is 2.00. The number of aryl methyl sites for hydroxylation is 1. The van der Waals surface area contributed by atoms with Crippen molar-refractivity contribution < 1.29 is 24.2 Å². The number of aliphatic hydroxyl groups is 1. The third kappa shape index (κ3) is 3.80. The van der Waals surface area contributed by atoms with Gasteiger partial charge in [0.1, 0.15) is 12.1 Å². The van der Waals surface area contributed by atoms with Crippen molar-refractivity contribution in [3.63, 3.8) is 0 Å². The van der Waals surface area contributed by atoms with Crippen LogP contribution >= 0.6 is 0 Å². The molecule has 1 aliphatic carbocycles. The second-order valence-electron chi connectivity index (χ2n) is 13.2. The molecule has 0 radical (unpaired) electrons. The van der Waals surface area contributed by atoms with Gasteiger partial charge in [-0.05, 0) is 61.6 Å². The maximum Gasteiger partial charge on any atom is 0.280 e. The van der Waals surface area contributed by atoms with Gasteiger partial charge in [-0.15, -0.1) is 0 Å². The minimum Gasteiger partial charge on any atom is -0.350 e. The minimum absolute atomic E-state index is 0.146. The van der Waals surface area contributed by atoms with E-state index in [9.17, 15) is 19.5 Å². The van der Waals surface area contributed by atoms with Gasteiger partial charge in [-0.3, -0.25) is 28.9 Å². The number of carbonyl (C=O) groups is 3. The molecule has 2 N–H and O–H groups in total. The van der Waals surface area contributed by atoms with Gasteiger partial charge in [0.15, 0.2) is 0 Å². The first-order valence-corrected chi connectivity index (χ1v) is 15.5. The Kier molecular flexibility index (Phi) is 5.95. The van der Waals surface area contributed by atoms with Crippen molar-refractivity contribution >= 4 is 34.2 Å². The van der Waals surface area contributed by atoms with E-state index in [0.717, 1.165) is 28.6 Å². The Bertz CT molecular complexity index is 1750. The second kappa shape index (κ2) is 9.50. The van der Waals surface area contributed by atoms with Crippen molar-refractivity contribution in [2.75, 3.05) is 20.1 Å². The molecular weight excluding hydrogens is 558 g/mol. The summed E-state index contributed by atoms with van der Waals surface area (Å²) in [6, 6.07) is 14.2. The van der Waals surface area contributed by atoms with E-state index >= 15 is 0 Å². The number of rotatable bonds is 4. The smallest absolute Gasteiger partial charge is 0.280 e. The van der Waals surface area contributed by atoms with Crippen molar-refractivity contribution in [1.29, 1.82) is 0 Å². The van der Waals surface area contributed by atoms with Crippen LogP contribution in [0.5, 0.6) is 0 Å². The fraction of sp³-hybridized carbons (Fsp3) is 0.441. The SMILES string of the molecule is CN1CC(C(=O)NC2(C)OC3(O)C4CCCN4C(=O)C(Cc4ccccc4)N3C2=O)C=C2c3cccc4c3c(cn4C)CC21. The highest BCUT2D eigenvalue weighted by molar-refractivity contribution is 6.01. The lowest BCUT2D eigenvalue weighted by atomic mass is 9.79. The summed E-state index contributed by atoms with van der Waals surface area (Å²) in [5.74, 6) is -3.76. The van der Waals surface area contributed by atoms with Gasteiger partial charge in [0.25, 0.3) is 11.8 Å². The molecule has 6 unspecified atom stereocenters. The lowest BCUT2D eigenvalue weighted by Gasteiger charge is -2.48. The summed E-state index contributed by atoms with van der Waals surface area (Å²) in [5.41, 5.74) is 3.73. The molecule has 8 rings (SSSR count). The number of ether oxygens (including phenoxy) is 1. The van der Waals surface area contributed by atoms with Crippen LogP contribution in [0.3, 0.4) is 0 Å². The number of fused-ring (bicyclic) bond motifs is 5. The molecule has 3 saturated heterocycles. The van der Waals surface area contributed by atoms with Crippen LogP contribution in [-0.4, -0.2) is 92.0 Å². The highest BCUT2D eigenvalue weighted by Gasteiger charge is 2.70. The number of hydrogen-bond acceptors (Lipinski definition) is 6. The molecule has 0 saturated carbocycles. The number of aromatic nitrogens is 1. The van der Waals surface area contributed by atoms with Crippen molar-refractivity contribution in [1.82, 2.24) is 24.6 Å². The molecule has 44 heavy (non-hydrogen) atoms. The number of nitrogens with one attached hydrogen (secondary N) is 1. The highest BCUT2D eigenvalue weighted by atomic mass is 16.7. The van der Waals surface area contributed by atoms with E-state index < -0.39 is 35.5 Å². The number of piperazine rings is 1. The van der Waals surface area contributed by atoms with Gasteiger partial charge in [0.05, 0.1) is 5.92 Å². The zero-order valence-corrected chi connectivity index (χ0v) is 25.2. The van der Waals surface area contributed by atoms with Gasteiger partial charge >= 0.3 is 0 Å². The summed E-state index contributed by atoms with van der Waals surface area (Å²) in [4.78, 5) is 47.0. The first-order valence-electron chi connectivity index (χ1n) is 15.5. The Morgan fingerprint density at radius 2 is 1.91 bits per heavy atom. The van der Waals surface area contributed by atoms with Gasteiger partial charge in [0, 0.05) is 49.7 Å². The number of carbonyl (C=O) groups excluding carboxylic acids is 3. The summed E-state index contributed by atoms with van der Waals surface area (Å²) in [6.07, 6.45) is 6.53. The van der Waals surface area contributed by atoms with Gasteiger partial charge in [-0.25, -0.2) is 0 Å². The molecule has 4 aliphatic heterocycles. The molecule has 10 heteroatoms. The number of hydrogen-bond donors (Lipinski definition) is 2. The molecule has 3 aromatic rings. The van der Waals surface area contributed by atoms with Crippen LogP contribution in [0.2, 0.25) is 0 Å². The normalized spacial score (nSPS) is 32.9. The van der Waals surface area contributed by atoms with Gasteiger partial charge < -0.3 is 19.9 Å². The topological polar surface area (TPSA) is 107 Å². The van der Waals surface area contributed by atoms with Crippen LogP contribution in [0.1, 0.15) is 36.5 Å². The van der Waals surface area contributed by atoms with E-state index in [0.29, 0.717) is 25.9 Å². The molecular formula is C34H37N5O5. The Labute approximate surface area is 255 Å². The number of amides is 3. The van der Waals surface area contributed by atoms with Crippen molar-refractivity contribution in [3.05, 3.63) is 77.5 Å². The third-order valence-corrected chi connectivity index (χ3v) is 10.4. The average molecular weight is 596 g/mol. The largest absolute Gasteiger partial charge is 0.350 e. The molecule has 228 valence electrons. The second-order valence-corrected chi connectivity index (χ2v) is 13.2. The Hall–Kier alpha value is -3.99. The Balaban J connectivity index is 1.11.